The van der Waals surface area contributed by atoms with Crippen LogP contribution in [-0.4, -0.2) is 43.4 Å². The van der Waals surface area contributed by atoms with Crippen LogP contribution in [0.2, 0.25) is 0 Å². The first-order valence-corrected chi connectivity index (χ1v) is 10.2. The molecule has 144 valence electrons. The third kappa shape index (κ3) is 4.84. The average molecular weight is 389 g/mol. The predicted octanol–water partition coefficient (Wildman–Crippen LogP) is 1.95. The number of amides is 1. The van der Waals surface area contributed by atoms with E-state index in [-0.39, 0.29) is 16.8 Å². The molecule has 1 aromatic carbocycles. The zero-order valence-corrected chi connectivity index (χ0v) is 16.1. The van der Waals surface area contributed by atoms with Crippen LogP contribution >= 0.6 is 0 Å². The Morgan fingerprint density at radius 2 is 1.85 bits per heavy atom. The lowest BCUT2D eigenvalue weighted by Gasteiger charge is -2.26. The maximum atomic E-state index is 12.9. The summed E-state index contributed by atoms with van der Waals surface area (Å²) in [7, 11) is -2.29. The maximum absolute atomic E-state index is 12.9. The fraction of sp³-hybridized carbons (Fsp3) is 0.368. The van der Waals surface area contributed by atoms with Gasteiger partial charge in [0.2, 0.25) is 15.9 Å². The maximum Gasteiger partial charge on any atom is 0.241 e. The van der Waals surface area contributed by atoms with Gasteiger partial charge in [-0.1, -0.05) is 0 Å². The summed E-state index contributed by atoms with van der Waals surface area (Å²) in [5, 5.41) is 0. The van der Waals surface area contributed by atoms with Crippen LogP contribution in [0.3, 0.4) is 0 Å². The van der Waals surface area contributed by atoms with Gasteiger partial charge < -0.3 is 9.64 Å². The van der Waals surface area contributed by atoms with E-state index in [1.165, 1.54) is 19.2 Å². The number of rotatable bonds is 8. The van der Waals surface area contributed by atoms with E-state index in [0.717, 1.165) is 18.4 Å². The molecule has 0 radical (unpaired) electrons. The molecular weight excluding hydrogens is 366 g/mol. The van der Waals surface area contributed by atoms with Gasteiger partial charge in [0.25, 0.3) is 0 Å². The lowest BCUT2D eigenvalue weighted by molar-refractivity contribution is -0.133. The minimum absolute atomic E-state index is 0.0926. The first-order chi connectivity index (χ1) is 12.9. The zero-order chi connectivity index (χ0) is 19.4. The molecule has 1 atom stereocenters. The van der Waals surface area contributed by atoms with Crippen molar-refractivity contribution < 1.29 is 17.9 Å². The Bertz CT molecular complexity index is 881. The van der Waals surface area contributed by atoms with Crippen molar-refractivity contribution in [1.82, 2.24) is 14.6 Å². The number of sulfonamides is 1. The first kappa shape index (κ1) is 19.3. The van der Waals surface area contributed by atoms with E-state index in [1.54, 1.807) is 36.4 Å². The number of nitrogens with one attached hydrogen (secondary N) is 1. The molecule has 2 aromatic rings. The summed E-state index contributed by atoms with van der Waals surface area (Å²) < 4.78 is 32.7. The van der Waals surface area contributed by atoms with E-state index in [0.29, 0.717) is 12.3 Å². The highest BCUT2D eigenvalue weighted by Crippen LogP contribution is 2.29. The number of hydrogen-bond donors (Lipinski definition) is 1. The van der Waals surface area contributed by atoms with Crippen LogP contribution in [0, 0.1) is 0 Å². The largest absolute Gasteiger partial charge is 0.497 e. The van der Waals surface area contributed by atoms with Crippen LogP contribution in [0.1, 0.15) is 25.3 Å². The number of nitrogens with zero attached hydrogens (tertiary/aromatic N) is 2. The molecule has 0 bridgehead atoms. The highest BCUT2D eigenvalue weighted by molar-refractivity contribution is 7.89. The molecule has 0 spiro atoms. The molecule has 0 unspecified atom stereocenters. The number of carbonyl (C=O) groups excluding carboxylic acids is 1. The van der Waals surface area contributed by atoms with Crippen molar-refractivity contribution >= 4 is 15.9 Å². The van der Waals surface area contributed by atoms with Gasteiger partial charge in [-0.05, 0) is 61.7 Å². The minimum atomic E-state index is -3.80. The standard InChI is InChI=1S/C19H23N3O4S/c1-14(21-27(24,25)18-7-5-17(26-2)6-8-18)19(23)22(16-3-4-16)13-15-9-11-20-12-10-15/h5-12,14,16,21H,3-4,13H2,1-2H3/t14-/m0/s1. The topological polar surface area (TPSA) is 88.6 Å². The van der Waals surface area contributed by atoms with Gasteiger partial charge in [-0.2, -0.15) is 4.72 Å². The fourth-order valence-electron chi connectivity index (χ4n) is 2.81. The normalized spacial score (nSPS) is 15.2. The van der Waals surface area contributed by atoms with Crippen molar-refractivity contribution in [1.29, 1.82) is 0 Å². The molecule has 27 heavy (non-hydrogen) atoms. The van der Waals surface area contributed by atoms with E-state index in [1.807, 2.05) is 12.1 Å². The van der Waals surface area contributed by atoms with Crippen LogP contribution in [-0.2, 0) is 21.4 Å². The third-order valence-corrected chi connectivity index (χ3v) is 6.00. The number of carbonyl (C=O) groups is 1. The summed E-state index contributed by atoms with van der Waals surface area (Å²) in [5.41, 5.74) is 0.968. The molecule has 1 N–H and O–H groups in total. The lowest BCUT2D eigenvalue weighted by Crippen LogP contribution is -2.47. The van der Waals surface area contributed by atoms with Gasteiger partial charge in [-0.3, -0.25) is 9.78 Å². The molecule has 1 aliphatic carbocycles. The van der Waals surface area contributed by atoms with Crippen molar-refractivity contribution in [3.63, 3.8) is 0 Å². The summed E-state index contributed by atoms with van der Waals surface area (Å²) in [6.07, 6.45) is 5.24. The number of benzene rings is 1. The van der Waals surface area contributed by atoms with E-state index in [9.17, 15) is 13.2 Å². The van der Waals surface area contributed by atoms with E-state index in [2.05, 4.69) is 9.71 Å². The SMILES string of the molecule is COc1ccc(S(=O)(=O)N[C@@H](C)C(=O)N(Cc2ccncc2)C2CC2)cc1. The second kappa shape index (κ2) is 8.06. The van der Waals surface area contributed by atoms with E-state index in [4.69, 9.17) is 4.74 Å². The van der Waals surface area contributed by atoms with Gasteiger partial charge in [0.15, 0.2) is 0 Å². The molecule has 3 rings (SSSR count). The number of aromatic nitrogens is 1. The highest BCUT2D eigenvalue weighted by Gasteiger charge is 2.35. The van der Waals surface area contributed by atoms with Crippen LogP contribution in [0.5, 0.6) is 5.75 Å². The number of methoxy groups -OCH3 is 1. The van der Waals surface area contributed by atoms with Crippen LogP contribution in [0.15, 0.2) is 53.7 Å². The lowest BCUT2D eigenvalue weighted by atomic mass is 10.2. The van der Waals surface area contributed by atoms with E-state index >= 15 is 0 Å². The Labute approximate surface area is 159 Å². The summed E-state index contributed by atoms with van der Waals surface area (Å²) >= 11 is 0. The predicted molar refractivity (Wildman–Crippen MR) is 101 cm³/mol. The van der Waals surface area contributed by atoms with Crippen molar-refractivity contribution in [2.45, 2.75) is 43.3 Å². The Morgan fingerprint density at radius 1 is 1.22 bits per heavy atom. The molecule has 7 nitrogen and oxygen atoms in total. The summed E-state index contributed by atoms with van der Waals surface area (Å²) in [5.74, 6) is 0.335. The summed E-state index contributed by atoms with van der Waals surface area (Å²) in [6.45, 7) is 2.02. The van der Waals surface area contributed by atoms with Crippen LogP contribution in [0.25, 0.3) is 0 Å². The van der Waals surface area contributed by atoms with Gasteiger partial charge >= 0.3 is 0 Å². The molecule has 8 heteroatoms. The van der Waals surface area contributed by atoms with Gasteiger partial charge in [0, 0.05) is 25.0 Å². The molecule has 0 aliphatic heterocycles. The molecular formula is C19H23N3O4S. The van der Waals surface area contributed by atoms with Crippen molar-refractivity contribution in [3.05, 3.63) is 54.4 Å². The second-order valence-electron chi connectivity index (χ2n) is 6.57. The molecule has 1 amide bonds. The van der Waals surface area contributed by atoms with Crippen molar-refractivity contribution in [2.75, 3.05) is 7.11 Å². The van der Waals surface area contributed by atoms with Gasteiger partial charge in [0.1, 0.15) is 5.75 Å². The molecule has 1 saturated carbocycles. The minimum Gasteiger partial charge on any atom is -0.497 e. The first-order valence-electron chi connectivity index (χ1n) is 8.76. The second-order valence-corrected chi connectivity index (χ2v) is 8.29. The number of hydrogen-bond acceptors (Lipinski definition) is 5. The zero-order valence-electron chi connectivity index (χ0n) is 15.3. The van der Waals surface area contributed by atoms with Gasteiger partial charge in [-0.25, -0.2) is 8.42 Å². The quantitative estimate of drug-likeness (QED) is 0.745. The third-order valence-electron chi connectivity index (χ3n) is 4.45. The molecule has 0 saturated heterocycles. The number of ether oxygens (including phenoxy) is 1. The van der Waals surface area contributed by atoms with Crippen LogP contribution < -0.4 is 9.46 Å². The molecule has 1 aliphatic rings. The Hall–Kier alpha value is -2.45. The molecule has 1 heterocycles. The fourth-order valence-corrected chi connectivity index (χ4v) is 4.01. The molecule has 1 aromatic heterocycles. The van der Waals surface area contributed by atoms with E-state index < -0.39 is 16.1 Å². The highest BCUT2D eigenvalue weighted by atomic mass is 32.2. The van der Waals surface area contributed by atoms with Gasteiger partial charge in [0.05, 0.1) is 18.0 Å². The van der Waals surface area contributed by atoms with Gasteiger partial charge in [-0.15, -0.1) is 0 Å². The monoisotopic (exact) mass is 389 g/mol. The summed E-state index contributed by atoms with van der Waals surface area (Å²) in [6, 6.07) is 9.06. The Morgan fingerprint density at radius 3 is 2.41 bits per heavy atom. The Kier molecular flexibility index (Phi) is 5.76. The van der Waals surface area contributed by atoms with Crippen molar-refractivity contribution in [2.24, 2.45) is 0 Å². The Balaban J connectivity index is 1.70. The van der Waals surface area contributed by atoms with Crippen molar-refractivity contribution in [3.8, 4) is 5.75 Å². The summed E-state index contributed by atoms with van der Waals surface area (Å²) in [4.78, 5) is 18.7. The smallest absolute Gasteiger partial charge is 0.241 e. The number of pyridine rings is 1. The van der Waals surface area contributed by atoms with Crippen LogP contribution in [0.4, 0.5) is 0 Å². The average Bonchev–Trinajstić information content (AvgIpc) is 3.51. The molecule has 1 fully saturated rings.